The zero-order valence-electron chi connectivity index (χ0n) is 13.0. The van der Waals surface area contributed by atoms with Gasteiger partial charge in [-0.15, -0.1) is 5.10 Å². The molecule has 11 heteroatoms. The van der Waals surface area contributed by atoms with Crippen molar-refractivity contribution in [3.8, 4) is 0 Å². The predicted molar refractivity (Wildman–Crippen MR) is 94.1 cm³/mol. The Morgan fingerprint density at radius 2 is 2.17 bits per heavy atom. The third kappa shape index (κ3) is 5.69. The summed E-state index contributed by atoms with van der Waals surface area (Å²) >= 11 is 7.34. The van der Waals surface area contributed by atoms with E-state index in [2.05, 4.69) is 25.2 Å². The maximum Gasteiger partial charge on any atom is 0.251 e. The summed E-state index contributed by atoms with van der Waals surface area (Å²) in [5.74, 6) is 1.01. The van der Waals surface area contributed by atoms with Crippen LogP contribution in [0.15, 0.2) is 23.4 Å². The van der Waals surface area contributed by atoms with Gasteiger partial charge in [0.05, 0.1) is 17.0 Å². The van der Waals surface area contributed by atoms with Crippen LogP contribution in [0.2, 0.25) is 5.02 Å². The highest BCUT2D eigenvalue weighted by Crippen LogP contribution is 2.24. The number of nitrogens with one attached hydrogen (secondary N) is 3. The van der Waals surface area contributed by atoms with Gasteiger partial charge in [-0.1, -0.05) is 23.4 Å². The second-order valence-electron chi connectivity index (χ2n) is 4.88. The number of hydrogen-bond acceptors (Lipinski definition) is 6. The smallest absolute Gasteiger partial charge is 0.251 e. The molecule has 2 rings (SSSR count). The van der Waals surface area contributed by atoms with Crippen molar-refractivity contribution in [2.24, 2.45) is 0 Å². The molecule has 3 N–H and O–H groups in total. The molecule has 1 aromatic carbocycles. The summed E-state index contributed by atoms with van der Waals surface area (Å²) in [7, 11) is -3.48. The number of hydrogen-bond donors (Lipinski definition) is 3. The molecule has 1 amide bonds. The highest BCUT2D eigenvalue weighted by molar-refractivity contribution is 7.99. The van der Waals surface area contributed by atoms with Crippen molar-refractivity contribution in [1.82, 2.24) is 20.5 Å². The zero-order valence-corrected chi connectivity index (χ0v) is 15.3. The molecule has 8 nitrogen and oxygen atoms in total. The number of benzene rings is 1. The summed E-state index contributed by atoms with van der Waals surface area (Å²) in [6, 6.07) is 4.39. The van der Waals surface area contributed by atoms with Crippen LogP contribution in [-0.2, 0) is 10.0 Å². The van der Waals surface area contributed by atoms with E-state index in [4.69, 9.17) is 11.6 Å². The first-order valence-corrected chi connectivity index (χ1v) is 10.1. The molecule has 0 aliphatic carbocycles. The molecule has 0 spiro atoms. The number of amides is 1. The molecule has 1 aromatic heterocycles. The Kier molecular flexibility index (Phi) is 6.08. The Morgan fingerprint density at radius 1 is 1.42 bits per heavy atom. The first kappa shape index (κ1) is 18.6. The van der Waals surface area contributed by atoms with Crippen molar-refractivity contribution < 1.29 is 13.2 Å². The van der Waals surface area contributed by atoms with Gasteiger partial charge in [0, 0.05) is 17.9 Å². The Hall–Kier alpha value is -1.78. The van der Waals surface area contributed by atoms with Crippen LogP contribution in [0.5, 0.6) is 0 Å². The maximum atomic E-state index is 12.1. The number of thioether (sulfide) groups is 1. The lowest BCUT2D eigenvalue weighted by Gasteiger charge is -2.09. The standard InChI is InChI=1S/C13H16ClN5O3S2/c1-8-16-13(18-17-8)23-6-5-15-12(20)9-3-4-10(14)11(7-9)19-24(2,21)22/h3-4,7,19H,5-6H2,1-2H3,(H,15,20)(H,16,17,18). The molecule has 0 aliphatic heterocycles. The molecule has 0 radical (unpaired) electrons. The van der Waals surface area contributed by atoms with Gasteiger partial charge in [-0.2, -0.15) is 0 Å². The number of anilines is 1. The van der Waals surface area contributed by atoms with Crippen molar-refractivity contribution in [3.05, 3.63) is 34.6 Å². The number of nitrogens with zero attached hydrogens (tertiary/aromatic N) is 2. The van der Waals surface area contributed by atoms with Crippen molar-refractivity contribution in [2.45, 2.75) is 12.1 Å². The first-order chi connectivity index (χ1) is 11.2. The molecule has 130 valence electrons. The fraction of sp³-hybridized carbons (Fsp3) is 0.308. The fourth-order valence-corrected chi connectivity index (χ4v) is 3.23. The van der Waals surface area contributed by atoms with Crippen LogP contribution in [0.25, 0.3) is 0 Å². The number of halogens is 1. The minimum absolute atomic E-state index is 0.164. The summed E-state index contributed by atoms with van der Waals surface area (Å²) in [6.07, 6.45) is 1.01. The zero-order chi connectivity index (χ0) is 17.7. The lowest BCUT2D eigenvalue weighted by atomic mass is 10.2. The van der Waals surface area contributed by atoms with E-state index in [1.54, 1.807) is 0 Å². The van der Waals surface area contributed by atoms with Crippen LogP contribution in [0.3, 0.4) is 0 Å². The van der Waals surface area contributed by atoms with Gasteiger partial charge in [0.15, 0.2) is 0 Å². The first-order valence-electron chi connectivity index (χ1n) is 6.82. The number of aryl methyl sites for hydroxylation is 1. The van der Waals surface area contributed by atoms with E-state index in [0.29, 0.717) is 23.0 Å². The molecule has 0 saturated carbocycles. The minimum Gasteiger partial charge on any atom is -0.351 e. The molecule has 0 bridgehead atoms. The molecule has 0 saturated heterocycles. The van der Waals surface area contributed by atoms with E-state index < -0.39 is 10.0 Å². The van der Waals surface area contributed by atoms with Gasteiger partial charge in [0.2, 0.25) is 15.2 Å². The SMILES string of the molecule is Cc1nc(SCCNC(=O)c2ccc(Cl)c(NS(C)(=O)=O)c2)n[nH]1. The summed E-state index contributed by atoms with van der Waals surface area (Å²) in [5.41, 5.74) is 0.474. The van der Waals surface area contributed by atoms with Gasteiger partial charge in [-0.25, -0.2) is 13.4 Å². The van der Waals surface area contributed by atoms with Gasteiger partial charge in [-0.05, 0) is 25.1 Å². The van der Waals surface area contributed by atoms with Crippen LogP contribution < -0.4 is 10.0 Å². The van der Waals surface area contributed by atoms with Gasteiger partial charge in [0.25, 0.3) is 5.91 Å². The molecule has 0 unspecified atom stereocenters. The maximum absolute atomic E-state index is 12.1. The highest BCUT2D eigenvalue weighted by atomic mass is 35.5. The molecule has 24 heavy (non-hydrogen) atoms. The topological polar surface area (TPSA) is 117 Å². The molecular weight excluding hydrogens is 374 g/mol. The van der Waals surface area contributed by atoms with Gasteiger partial charge in [-0.3, -0.25) is 14.6 Å². The molecule has 0 atom stereocenters. The van der Waals surface area contributed by atoms with Gasteiger partial charge in [0.1, 0.15) is 5.82 Å². The largest absolute Gasteiger partial charge is 0.351 e. The van der Waals surface area contributed by atoms with E-state index in [0.717, 1.165) is 12.1 Å². The van der Waals surface area contributed by atoms with Gasteiger partial charge < -0.3 is 5.32 Å². The van der Waals surface area contributed by atoms with E-state index >= 15 is 0 Å². The second-order valence-corrected chi connectivity index (χ2v) is 8.09. The van der Waals surface area contributed by atoms with Gasteiger partial charge >= 0.3 is 0 Å². The average Bonchev–Trinajstić information content (AvgIpc) is 2.90. The summed E-state index contributed by atoms with van der Waals surface area (Å²) in [5, 5.41) is 10.3. The van der Waals surface area contributed by atoms with Crippen LogP contribution >= 0.6 is 23.4 Å². The van der Waals surface area contributed by atoms with Crippen molar-refractivity contribution in [2.75, 3.05) is 23.3 Å². The van der Waals surface area contributed by atoms with Crippen LogP contribution in [0, 0.1) is 6.92 Å². The van der Waals surface area contributed by atoms with E-state index in [9.17, 15) is 13.2 Å². The average molecular weight is 390 g/mol. The van der Waals surface area contributed by atoms with E-state index in [1.165, 1.54) is 30.0 Å². The van der Waals surface area contributed by atoms with Crippen LogP contribution in [0.4, 0.5) is 5.69 Å². The lowest BCUT2D eigenvalue weighted by Crippen LogP contribution is -2.26. The summed E-state index contributed by atoms with van der Waals surface area (Å²) in [4.78, 5) is 16.3. The van der Waals surface area contributed by atoms with E-state index in [1.807, 2.05) is 6.92 Å². The monoisotopic (exact) mass is 389 g/mol. The number of sulfonamides is 1. The number of aromatic amines is 1. The lowest BCUT2D eigenvalue weighted by molar-refractivity contribution is 0.0956. The molecular formula is C13H16ClN5O3S2. The fourth-order valence-electron chi connectivity index (χ4n) is 1.74. The van der Waals surface area contributed by atoms with Crippen molar-refractivity contribution >= 4 is 45.0 Å². The number of rotatable bonds is 7. The van der Waals surface area contributed by atoms with E-state index in [-0.39, 0.29) is 16.6 Å². The number of carbonyl (C=O) groups excluding carboxylic acids is 1. The Morgan fingerprint density at radius 3 is 2.79 bits per heavy atom. The predicted octanol–water partition coefficient (Wildman–Crippen LogP) is 1.66. The van der Waals surface area contributed by atoms with Crippen LogP contribution in [0.1, 0.15) is 16.2 Å². The van der Waals surface area contributed by atoms with Crippen molar-refractivity contribution in [1.29, 1.82) is 0 Å². The quantitative estimate of drug-likeness (QED) is 0.489. The number of carbonyl (C=O) groups is 1. The Balaban J connectivity index is 1.91. The van der Waals surface area contributed by atoms with Crippen molar-refractivity contribution in [3.63, 3.8) is 0 Å². The summed E-state index contributed by atoms with van der Waals surface area (Å²) in [6.45, 7) is 2.22. The Labute approximate surface area is 148 Å². The summed E-state index contributed by atoms with van der Waals surface area (Å²) < 4.78 is 24.9. The Bertz CT molecular complexity index is 838. The molecule has 2 aromatic rings. The minimum atomic E-state index is -3.48. The second kappa shape index (κ2) is 7.86. The highest BCUT2D eigenvalue weighted by Gasteiger charge is 2.11. The number of H-pyrrole nitrogens is 1. The number of aromatic nitrogens is 3. The van der Waals surface area contributed by atoms with Crippen LogP contribution in [-0.4, -0.2) is 48.1 Å². The molecule has 0 aliphatic rings. The normalized spacial score (nSPS) is 11.3. The third-order valence-electron chi connectivity index (χ3n) is 2.72. The molecule has 0 fully saturated rings. The third-order valence-corrected chi connectivity index (χ3v) is 4.49. The molecule has 1 heterocycles.